The molecule has 25 heavy (non-hydrogen) atoms. The predicted octanol–water partition coefficient (Wildman–Crippen LogP) is 2.62. The lowest BCUT2D eigenvalue weighted by Gasteiger charge is -2.19. The monoisotopic (exact) mass is 365 g/mol. The van der Waals surface area contributed by atoms with Crippen molar-refractivity contribution in [2.45, 2.75) is 19.4 Å². The van der Waals surface area contributed by atoms with E-state index in [9.17, 15) is 14.0 Å². The van der Waals surface area contributed by atoms with E-state index in [0.717, 1.165) is 10.6 Å². The van der Waals surface area contributed by atoms with Crippen molar-refractivity contribution in [1.82, 2.24) is 25.1 Å². The van der Waals surface area contributed by atoms with Gasteiger partial charge in [0.1, 0.15) is 17.2 Å². The molecule has 0 bridgehead atoms. The van der Waals surface area contributed by atoms with E-state index >= 15 is 0 Å². The fourth-order valence-corrected chi connectivity index (χ4v) is 2.80. The second-order valence-corrected chi connectivity index (χ2v) is 5.61. The molecule has 0 aliphatic rings. The molecule has 2 aromatic heterocycles. The Labute approximate surface area is 145 Å². The molecule has 1 amide bonds. The smallest absolute Gasteiger partial charge is 0.405 e. The van der Waals surface area contributed by atoms with Crippen LogP contribution in [0.15, 0.2) is 29.2 Å². The Kier molecular flexibility index (Phi) is 4.41. The van der Waals surface area contributed by atoms with Crippen molar-refractivity contribution in [3.63, 3.8) is 0 Å². The summed E-state index contributed by atoms with van der Waals surface area (Å²) in [6.07, 6.45) is 0.493. The minimum atomic E-state index is -1.29. The Balaban J connectivity index is 2.42. The van der Waals surface area contributed by atoms with E-state index < -0.39 is 23.5 Å². The van der Waals surface area contributed by atoms with Crippen molar-refractivity contribution in [3.8, 4) is 5.82 Å². The molecule has 0 aliphatic carbocycles. The molecule has 3 aromatic rings. The number of aromatic amines is 1. The highest BCUT2D eigenvalue weighted by atomic mass is 35.5. The van der Waals surface area contributed by atoms with Gasteiger partial charge in [0.05, 0.1) is 16.5 Å². The first kappa shape index (κ1) is 16.9. The maximum absolute atomic E-state index is 14.2. The van der Waals surface area contributed by atoms with Crippen LogP contribution >= 0.6 is 11.6 Å². The van der Waals surface area contributed by atoms with E-state index in [1.807, 2.05) is 0 Å². The van der Waals surface area contributed by atoms with Gasteiger partial charge in [-0.3, -0.25) is 9.89 Å². The molecular weight excluding hydrogens is 353 g/mol. The van der Waals surface area contributed by atoms with Crippen molar-refractivity contribution in [2.75, 3.05) is 0 Å². The first-order chi connectivity index (χ1) is 11.9. The Bertz CT molecular complexity index is 1000. The molecule has 8 nitrogen and oxygen atoms in total. The van der Waals surface area contributed by atoms with Gasteiger partial charge in [-0.15, -0.1) is 0 Å². The highest BCUT2D eigenvalue weighted by Crippen LogP contribution is 2.25. The number of nitrogens with zero attached hydrogens (tertiary/aromatic N) is 3. The van der Waals surface area contributed by atoms with E-state index in [-0.39, 0.29) is 34.0 Å². The molecule has 0 saturated carbocycles. The lowest BCUT2D eigenvalue weighted by molar-refractivity contribution is 0.188. The van der Waals surface area contributed by atoms with Crippen LogP contribution in [0.25, 0.3) is 16.7 Å². The molecule has 0 aliphatic heterocycles. The largest absolute Gasteiger partial charge is 0.465 e. The van der Waals surface area contributed by atoms with Gasteiger partial charge in [-0.05, 0) is 18.6 Å². The van der Waals surface area contributed by atoms with Gasteiger partial charge in [-0.1, -0.05) is 18.5 Å². The number of benzene rings is 1. The first-order valence-electron chi connectivity index (χ1n) is 7.34. The molecule has 0 saturated heterocycles. The Morgan fingerprint density at radius 3 is 2.84 bits per heavy atom. The number of hydrogen-bond donors (Lipinski definition) is 3. The predicted molar refractivity (Wildman–Crippen MR) is 88.6 cm³/mol. The number of halogens is 2. The number of aromatic nitrogens is 4. The normalized spacial score (nSPS) is 12.3. The van der Waals surface area contributed by atoms with Gasteiger partial charge < -0.3 is 10.4 Å². The number of H-pyrrole nitrogens is 1. The molecule has 2 heterocycles. The third-order valence-electron chi connectivity index (χ3n) is 3.68. The van der Waals surface area contributed by atoms with Gasteiger partial charge in [0.25, 0.3) is 5.56 Å². The van der Waals surface area contributed by atoms with E-state index in [4.69, 9.17) is 16.7 Å². The van der Waals surface area contributed by atoms with Crippen molar-refractivity contribution in [3.05, 3.63) is 51.4 Å². The van der Waals surface area contributed by atoms with Crippen LogP contribution in [0.2, 0.25) is 5.02 Å². The van der Waals surface area contributed by atoms with Gasteiger partial charge in [0.2, 0.25) is 0 Å². The van der Waals surface area contributed by atoms with E-state index in [0.29, 0.717) is 0 Å². The molecule has 1 aromatic carbocycles. The van der Waals surface area contributed by atoms with Crippen LogP contribution in [-0.4, -0.2) is 30.9 Å². The third-order valence-corrected chi connectivity index (χ3v) is 4.00. The zero-order chi connectivity index (χ0) is 18.1. The fourth-order valence-electron chi connectivity index (χ4n) is 2.56. The van der Waals surface area contributed by atoms with E-state index in [1.54, 1.807) is 6.92 Å². The summed E-state index contributed by atoms with van der Waals surface area (Å²) in [7, 11) is 0. The number of hydrogen-bond acceptors (Lipinski definition) is 4. The van der Waals surface area contributed by atoms with Gasteiger partial charge in [-0.25, -0.2) is 18.7 Å². The SMILES string of the molecule is CCC(NC(=O)O)c1nc2c(F)ccc(Cl)c2c(=O)n1-c1cc[nH]n1. The lowest BCUT2D eigenvalue weighted by Crippen LogP contribution is -2.34. The van der Waals surface area contributed by atoms with Crippen LogP contribution in [0.5, 0.6) is 0 Å². The summed E-state index contributed by atoms with van der Waals surface area (Å²) in [5.41, 5.74) is -0.854. The number of fused-ring (bicyclic) bond motifs is 1. The summed E-state index contributed by atoms with van der Waals surface area (Å²) >= 11 is 6.06. The summed E-state index contributed by atoms with van der Waals surface area (Å²) in [6, 6.07) is 3.04. The number of carboxylic acid groups (broad SMARTS) is 1. The highest BCUT2D eigenvalue weighted by Gasteiger charge is 2.24. The molecule has 3 N–H and O–H groups in total. The fraction of sp³-hybridized carbons (Fsp3) is 0.200. The second-order valence-electron chi connectivity index (χ2n) is 5.21. The van der Waals surface area contributed by atoms with Crippen LogP contribution in [0, 0.1) is 5.82 Å². The van der Waals surface area contributed by atoms with Crippen LogP contribution in [-0.2, 0) is 0 Å². The summed E-state index contributed by atoms with van der Waals surface area (Å²) in [5.74, 6) is -0.506. The molecular formula is C15H13ClFN5O3. The van der Waals surface area contributed by atoms with Crippen molar-refractivity contribution < 1.29 is 14.3 Å². The standard InChI is InChI=1S/C15H13ClFN5O3/c1-2-9(19-15(24)25)13-20-12-8(17)4-3-7(16)11(12)14(23)22(13)10-5-6-18-21-10/h3-6,9,19H,2H2,1H3,(H,18,21)(H,24,25). The molecule has 1 atom stereocenters. The Hall–Kier alpha value is -2.94. The molecule has 0 spiro atoms. The molecule has 130 valence electrons. The van der Waals surface area contributed by atoms with Gasteiger partial charge in [0, 0.05) is 12.3 Å². The van der Waals surface area contributed by atoms with Crippen LogP contribution in [0.3, 0.4) is 0 Å². The summed E-state index contributed by atoms with van der Waals surface area (Å²) in [4.78, 5) is 28.2. The van der Waals surface area contributed by atoms with Crippen LogP contribution in [0.1, 0.15) is 25.2 Å². The maximum Gasteiger partial charge on any atom is 0.405 e. The number of rotatable bonds is 4. The Morgan fingerprint density at radius 2 is 2.24 bits per heavy atom. The minimum Gasteiger partial charge on any atom is -0.465 e. The number of carbonyl (C=O) groups is 1. The Morgan fingerprint density at radius 1 is 1.48 bits per heavy atom. The summed E-state index contributed by atoms with van der Waals surface area (Å²) in [5, 5.41) is 17.8. The first-order valence-corrected chi connectivity index (χ1v) is 7.72. The van der Waals surface area contributed by atoms with Crippen LogP contribution < -0.4 is 10.9 Å². The van der Waals surface area contributed by atoms with Crippen molar-refractivity contribution >= 4 is 28.6 Å². The summed E-state index contributed by atoms with van der Waals surface area (Å²) < 4.78 is 15.3. The van der Waals surface area contributed by atoms with Gasteiger partial charge in [-0.2, -0.15) is 5.10 Å². The summed E-state index contributed by atoms with van der Waals surface area (Å²) in [6.45, 7) is 1.71. The molecule has 0 radical (unpaired) electrons. The average molecular weight is 366 g/mol. The zero-order valence-electron chi connectivity index (χ0n) is 13.0. The average Bonchev–Trinajstić information content (AvgIpc) is 3.09. The van der Waals surface area contributed by atoms with Gasteiger partial charge in [0.15, 0.2) is 5.82 Å². The van der Waals surface area contributed by atoms with Gasteiger partial charge >= 0.3 is 6.09 Å². The molecule has 0 fully saturated rings. The van der Waals surface area contributed by atoms with E-state index in [2.05, 4.69) is 20.5 Å². The lowest BCUT2D eigenvalue weighted by atomic mass is 10.1. The topological polar surface area (TPSA) is 113 Å². The molecule has 3 rings (SSSR count). The molecule has 10 heteroatoms. The number of amides is 1. The zero-order valence-corrected chi connectivity index (χ0v) is 13.7. The van der Waals surface area contributed by atoms with E-state index in [1.165, 1.54) is 18.3 Å². The molecule has 1 unspecified atom stereocenters. The van der Waals surface area contributed by atoms with Crippen molar-refractivity contribution in [1.29, 1.82) is 0 Å². The third kappa shape index (κ3) is 2.93. The number of nitrogens with one attached hydrogen (secondary N) is 2. The highest BCUT2D eigenvalue weighted by molar-refractivity contribution is 6.35. The quantitative estimate of drug-likeness (QED) is 0.657. The second kappa shape index (κ2) is 6.52. The van der Waals surface area contributed by atoms with Crippen molar-refractivity contribution in [2.24, 2.45) is 0 Å². The van der Waals surface area contributed by atoms with Crippen LogP contribution in [0.4, 0.5) is 9.18 Å². The maximum atomic E-state index is 14.2. The minimum absolute atomic E-state index is 0.0238.